The van der Waals surface area contributed by atoms with Crippen molar-refractivity contribution < 1.29 is 32.3 Å². The molecule has 12 heteroatoms. The molecule has 232 valence electrons. The van der Waals surface area contributed by atoms with Crippen LogP contribution in [0.15, 0.2) is 76.2 Å². The third-order valence-electron chi connectivity index (χ3n) is 7.41. The molecule has 1 fully saturated rings. The molecular weight excluding hydrogens is 584 g/mol. The Labute approximate surface area is 256 Å². The summed E-state index contributed by atoms with van der Waals surface area (Å²) in [6, 6.07) is 17.5. The zero-order valence-corrected chi connectivity index (χ0v) is 26.0. The highest BCUT2D eigenvalue weighted by Crippen LogP contribution is 2.31. The number of carbonyl (C=O) groups excluding carboxylic acids is 1. The summed E-state index contributed by atoms with van der Waals surface area (Å²) in [4.78, 5) is 32.4. The summed E-state index contributed by atoms with van der Waals surface area (Å²) in [5, 5.41) is 9.87. The molecule has 11 nitrogen and oxygen atoms in total. The number of carboxylic acids is 1. The number of ether oxygens (including phenoxy) is 1. The number of pyridine rings is 1. The molecule has 1 aliphatic rings. The fourth-order valence-electron chi connectivity index (χ4n) is 5.11. The minimum Gasteiger partial charge on any atom is -0.475 e. The van der Waals surface area contributed by atoms with E-state index in [2.05, 4.69) is 4.98 Å². The maximum Gasteiger partial charge on any atom is 0.410 e. The van der Waals surface area contributed by atoms with E-state index in [9.17, 15) is 23.1 Å². The first kappa shape index (κ1) is 30.9. The average molecular weight is 621 g/mol. The van der Waals surface area contributed by atoms with Crippen molar-refractivity contribution in [3.05, 3.63) is 83.7 Å². The Morgan fingerprint density at radius 2 is 1.73 bits per heavy atom. The molecule has 0 radical (unpaired) electrons. The van der Waals surface area contributed by atoms with Gasteiger partial charge < -0.3 is 24.1 Å². The fourth-order valence-corrected chi connectivity index (χ4v) is 6.59. The van der Waals surface area contributed by atoms with Crippen molar-refractivity contribution in [2.75, 3.05) is 41.9 Å². The largest absolute Gasteiger partial charge is 0.475 e. The number of rotatable bonds is 8. The molecule has 0 unspecified atom stereocenters. The van der Waals surface area contributed by atoms with Gasteiger partial charge in [-0.05, 0) is 70.0 Å². The highest BCUT2D eigenvalue weighted by molar-refractivity contribution is 7.92. The first-order valence-electron chi connectivity index (χ1n) is 14.4. The number of hydrogen-bond donors (Lipinski definition) is 1. The topological polar surface area (TPSA) is 133 Å². The summed E-state index contributed by atoms with van der Waals surface area (Å²) < 4.78 is 40.5. The molecule has 0 atom stereocenters. The van der Waals surface area contributed by atoms with Crippen molar-refractivity contribution >= 4 is 44.6 Å². The number of nitrogens with zero attached hydrogens (tertiary/aromatic N) is 4. The molecule has 1 saturated heterocycles. The molecule has 0 bridgehead atoms. The smallest absolute Gasteiger partial charge is 0.410 e. The number of carbonyl (C=O) groups is 2. The van der Waals surface area contributed by atoms with Crippen molar-refractivity contribution in [2.45, 2.75) is 44.6 Å². The number of aryl methyl sites for hydroxylation is 1. The Bertz CT molecular complexity index is 1760. The van der Waals surface area contributed by atoms with Crippen LogP contribution in [0.1, 0.15) is 42.5 Å². The monoisotopic (exact) mass is 620 g/mol. The number of benzene rings is 2. The van der Waals surface area contributed by atoms with E-state index in [4.69, 9.17) is 9.15 Å². The van der Waals surface area contributed by atoms with Gasteiger partial charge in [0.05, 0.1) is 16.8 Å². The van der Waals surface area contributed by atoms with Crippen LogP contribution < -0.4 is 9.21 Å². The van der Waals surface area contributed by atoms with Crippen LogP contribution in [0.3, 0.4) is 0 Å². The van der Waals surface area contributed by atoms with Crippen molar-refractivity contribution in [3.63, 3.8) is 0 Å². The molecule has 0 spiro atoms. The molecule has 2 aromatic carbocycles. The summed E-state index contributed by atoms with van der Waals surface area (Å²) in [5.41, 5.74) is 1.47. The maximum absolute atomic E-state index is 14.1. The number of aromatic nitrogens is 1. The number of aromatic carboxylic acids is 1. The summed E-state index contributed by atoms with van der Waals surface area (Å²) in [6.07, 6.45) is 1.66. The first-order valence-corrected chi connectivity index (χ1v) is 15.8. The van der Waals surface area contributed by atoms with Crippen molar-refractivity contribution in [1.29, 1.82) is 0 Å². The Morgan fingerprint density at radius 3 is 2.34 bits per heavy atom. The Balaban J connectivity index is 1.40. The molecule has 2 aromatic heterocycles. The number of furan rings is 1. The van der Waals surface area contributed by atoms with E-state index >= 15 is 0 Å². The SMILES string of the molecule is Cc1c(C(=O)O)oc2ccc(S(=O)(=O)N(CCc3ccccc3)c3ccc(N4CCN(C(=O)OC(C)(C)C)CC4)nc3)cc12. The number of piperazine rings is 1. The molecular formula is C32H36N4O7S. The van der Waals surface area contributed by atoms with Gasteiger partial charge in [-0.25, -0.2) is 23.0 Å². The highest BCUT2D eigenvalue weighted by atomic mass is 32.2. The number of amides is 1. The van der Waals surface area contributed by atoms with E-state index in [0.29, 0.717) is 60.6 Å². The van der Waals surface area contributed by atoms with E-state index in [-0.39, 0.29) is 23.3 Å². The number of fused-ring (bicyclic) bond motifs is 1. The van der Waals surface area contributed by atoms with E-state index in [1.165, 1.54) is 22.5 Å². The molecule has 4 aromatic rings. The Morgan fingerprint density at radius 1 is 1.02 bits per heavy atom. The molecule has 1 N–H and O–H groups in total. The Kier molecular flexibility index (Phi) is 8.55. The van der Waals surface area contributed by atoms with Gasteiger partial charge >= 0.3 is 12.1 Å². The number of sulfonamides is 1. The molecule has 3 heterocycles. The van der Waals surface area contributed by atoms with E-state index < -0.39 is 21.6 Å². The van der Waals surface area contributed by atoms with Crippen LogP contribution in [-0.2, 0) is 21.2 Å². The van der Waals surface area contributed by atoms with Crippen molar-refractivity contribution in [3.8, 4) is 0 Å². The van der Waals surface area contributed by atoms with Gasteiger partial charge in [0.15, 0.2) is 0 Å². The van der Waals surface area contributed by atoms with Crippen LogP contribution in [-0.4, -0.2) is 73.8 Å². The number of carboxylic acid groups (broad SMARTS) is 1. The molecule has 5 rings (SSSR count). The van der Waals surface area contributed by atoms with Crippen LogP contribution in [0.25, 0.3) is 11.0 Å². The summed E-state index contributed by atoms with van der Waals surface area (Å²) in [6.45, 7) is 9.34. The highest BCUT2D eigenvalue weighted by Gasteiger charge is 2.29. The van der Waals surface area contributed by atoms with Gasteiger partial charge in [-0.3, -0.25) is 4.31 Å². The summed E-state index contributed by atoms with van der Waals surface area (Å²) in [5.74, 6) is -0.762. The summed E-state index contributed by atoms with van der Waals surface area (Å²) in [7, 11) is -4.08. The third kappa shape index (κ3) is 6.65. The van der Waals surface area contributed by atoms with E-state index in [1.54, 1.807) is 30.2 Å². The van der Waals surface area contributed by atoms with Gasteiger partial charge in [0.25, 0.3) is 10.0 Å². The lowest BCUT2D eigenvalue weighted by molar-refractivity contribution is 0.0240. The van der Waals surface area contributed by atoms with E-state index in [0.717, 1.165) is 5.56 Å². The van der Waals surface area contributed by atoms with Crippen LogP contribution in [0.5, 0.6) is 0 Å². The molecule has 0 aliphatic carbocycles. The predicted octanol–water partition coefficient (Wildman–Crippen LogP) is 5.33. The zero-order valence-electron chi connectivity index (χ0n) is 25.2. The van der Waals surface area contributed by atoms with Gasteiger partial charge in [0, 0.05) is 43.7 Å². The molecule has 1 aliphatic heterocycles. The minimum atomic E-state index is -4.08. The zero-order chi connectivity index (χ0) is 31.6. The first-order chi connectivity index (χ1) is 20.8. The second-order valence-corrected chi connectivity index (χ2v) is 13.5. The quantitative estimate of drug-likeness (QED) is 0.277. The van der Waals surface area contributed by atoms with Gasteiger partial charge in [-0.1, -0.05) is 30.3 Å². The normalized spacial score (nSPS) is 14.1. The van der Waals surface area contributed by atoms with Gasteiger partial charge in [-0.2, -0.15) is 0 Å². The van der Waals surface area contributed by atoms with Crippen molar-refractivity contribution in [2.24, 2.45) is 0 Å². The van der Waals surface area contributed by atoms with Crippen LogP contribution >= 0.6 is 0 Å². The standard InChI is InChI=1S/C32H36N4O7S/c1-22-26-20-25(11-12-27(26)42-29(22)30(37)38)44(40,41)36(15-14-23-8-6-5-7-9-23)24-10-13-28(33-21-24)34-16-18-35(19-17-34)31(39)43-32(2,3)4/h5-13,20-21H,14-19H2,1-4H3,(H,37,38). The maximum atomic E-state index is 14.1. The van der Waals surface area contributed by atoms with Gasteiger partial charge in [-0.15, -0.1) is 0 Å². The molecule has 0 saturated carbocycles. The van der Waals surface area contributed by atoms with Crippen LogP contribution in [0, 0.1) is 6.92 Å². The van der Waals surface area contributed by atoms with Gasteiger partial charge in [0.1, 0.15) is 17.0 Å². The summed E-state index contributed by atoms with van der Waals surface area (Å²) >= 11 is 0. The molecule has 44 heavy (non-hydrogen) atoms. The number of anilines is 2. The van der Waals surface area contributed by atoms with Crippen molar-refractivity contribution in [1.82, 2.24) is 9.88 Å². The van der Waals surface area contributed by atoms with E-state index in [1.807, 2.05) is 56.0 Å². The van der Waals surface area contributed by atoms with Crippen LogP contribution in [0.4, 0.5) is 16.3 Å². The Hall–Kier alpha value is -4.58. The van der Waals surface area contributed by atoms with Crippen LogP contribution in [0.2, 0.25) is 0 Å². The lowest BCUT2D eigenvalue weighted by Gasteiger charge is -2.36. The average Bonchev–Trinajstić information content (AvgIpc) is 3.33. The lowest BCUT2D eigenvalue weighted by Crippen LogP contribution is -2.50. The minimum absolute atomic E-state index is 0.0150. The lowest BCUT2D eigenvalue weighted by atomic mass is 10.1. The second-order valence-electron chi connectivity index (χ2n) is 11.7. The predicted molar refractivity (Wildman–Crippen MR) is 167 cm³/mol. The molecule has 1 amide bonds. The third-order valence-corrected chi connectivity index (χ3v) is 9.24. The fraction of sp³-hybridized carbons (Fsp3) is 0.344. The van der Waals surface area contributed by atoms with Gasteiger partial charge in [0.2, 0.25) is 5.76 Å². The second kappa shape index (κ2) is 12.2. The number of hydrogen-bond acceptors (Lipinski definition) is 8.